The molecule has 2 rings (SSSR count). The fourth-order valence-corrected chi connectivity index (χ4v) is 3.04. The van der Waals surface area contributed by atoms with Gasteiger partial charge in [-0.15, -0.1) is 0 Å². The maximum atomic E-state index is 12.0. The van der Waals surface area contributed by atoms with E-state index in [2.05, 4.69) is 10.6 Å². The number of carbonyl (C=O) groups excluding carboxylic acids is 2. The Morgan fingerprint density at radius 1 is 0.917 bits per heavy atom. The molecule has 0 aromatic heterocycles. The molecule has 0 spiro atoms. The van der Waals surface area contributed by atoms with Crippen LogP contribution < -0.4 is 16.1 Å². The van der Waals surface area contributed by atoms with Crippen molar-refractivity contribution in [3.8, 4) is 0 Å². The summed E-state index contributed by atoms with van der Waals surface area (Å²) in [5.74, 6) is -1.95. The van der Waals surface area contributed by atoms with Crippen molar-refractivity contribution < 1.29 is 23.2 Å². The van der Waals surface area contributed by atoms with E-state index in [0.29, 0.717) is 5.69 Å². The van der Waals surface area contributed by atoms with E-state index in [1.807, 2.05) is 0 Å². The van der Waals surface area contributed by atoms with Gasteiger partial charge in [0.25, 0.3) is 5.91 Å². The summed E-state index contributed by atoms with van der Waals surface area (Å²) < 4.78 is 24.1. The first kappa shape index (κ1) is 17.4. The number of amides is 3. The van der Waals surface area contributed by atoms with Crippen molar-refractivity contribution >= 4 is 33.2 Å². The SMILES string of the molecule is O=C(CS(=O)(=O)c1cccc(NC(=O)Nc2ccccc2)c1)NO. The van der Waals surface area contributed by atoms with Gasteiger partial charge < -0.3 is 10.6 Å². The van der Waals surface area contributed by atoms with E-state index in [1.165, 1.54) is 29.7 Å². The second-order valence-corrected chi connectivity index (χ2v) is 6.76. The zero-order valence-electron chi connectivity index (χ0n) is 12.4. The van der Waals surface area contributed by atoms with E-state index in [4.69, 9.17) is 5.21 Å². The number of anilines is 2. The Morgan fingerprint density at radius 3 is 2.21 bits per heavy atom. The summed E-state index contributed by atoms with van der Waals surface area (Å²) in [6, 6.07) is 13.7. The minimum atomic E-state index is -3.93. The van der Waals surface area contributed by atoms with Crippen molar-refractivity contribution in [2.24, 2.45) is 0 Å². The predicted octanol–water partition coefficient (Wildman–Crippen LogP) is 1.61. The van der Waals surface area contributed by atoms with Crippen molar-refractivity contribution in [1.29, 1.82) is 0 Å². The first-order chi connectivity index (χ1) is 11.4. The van der Waals surface area contributed by atoms with Crippen LogP contribution in [0.25, 0.3) is 0 Å². The quantitative estimate of drug-likeness (QED) is 0.482. The molecule has 0 saturated heterocycles. The molecule has 0 atom stereocenters. The van der Waals surface area contributed by atoms with Crippen LogP contribution in [0.15, 0.2) is 59.5 Å². The maximum absolute atomic E-state index is 12.0. The second kappa shape index (κ2) is 7.57. The fraction of sp³-hybridized carbons (Fsp3) is 0.0667. The molecule has 0 aliphatic heterocycles. The molecule has 0 aliphatic rings. The molecule has 24 heavy (non-hydrogen) atoms. The smallest absolute Gasteiger partial charge is 0.308 e. The number of carbonyl (C=O) groups is 2. The van der Waals surface area contributed by atoms with Crippen molar-refractivity contribution in [3.05, 3.63) is 54.6 Å². The van der Waals surface area contributed by atoms with Gasteiger partial charge in [-0.25, -0.2) is 18.7 Å². The van der Waals surface area contributed by atoms with Crippen LogP contribution in [0, 0.1) is 0 Å². The summed E-state index contributed by atoms with van der Waals surface area (Å²) >= 11 is 0. The Bertz CT molecular complexity index is 837. The third-order valence-electron chi connectivity index (χ3n) is 2.93. The van der Waals surface area contributed by atoms with Crippen molar-refractivity contribution in [1.82, 2.24) is 5.48 Å². The molecule has 0 heterocycles. The Labute approximate surface area is 138 Å². The lowest BCUT2D eigenvalue weighted by Gasteiger charge is -2.09. The van der Waals surface area contributed by atoms with E-state index in [0.717, 1.165) is 0 Å². The topological polar surface area (TPSA) is 125 Å². The highest BCUT2D eigenvalue weighted by Crippen LogP contribution is 2.17. The molecule has 0 aliphatic carbocycles. The molecule has 9 heteroatoms. The molecule has 0 fully saturated rings. The summed E-state index contributed by atoms with van der Waals surface area (Å²) in [7, 11) is -3.93. The average Bonchev–Trinajstić information content (AvgIpc) is 2.55. The van der Waals surface area contributed by atoms with Crippen LogP contribution in [0.2, 0.25) is 0 Å². The third kappa shape index (κ3) is 4.80. The molecule has 0 unspecified atom stereocenters. The number of benzene rings is 2. The van der Waals surface area contributed by atoms with Gasteiger partial charge >= 0.3 is 6.03 Å². The molecule has 8 nitrogen and oxygen atoms in total. The number of urea groups is 1. The van der Waals surface area contributed by atoms with Gasteiger partial charge in [0.1, 0.15) is 5.75 Å². The maximum Gasteiger partial charge on any atom is 0.323 e. The predicted molar refractivity (Wildman–Crippen MR) is 87.5 cm³/mol. The van der Waals surface area contributed by atoms with Crippen LogP contribution in [0.5, 0.6) is 0 Å². The average molecular weight is 349 g/mol. The Kier molecular flexibility index (Phi) is 5.51. The van der Waals surface area contributed by atoms with Gasteiger partial charge in [0, 0.05) is 11.4 Å². The highest BCUT2D eigenvalue weighted by atomic mass is 32.2. The van der Waals surface area contributed by atoms with Gasteiger partial charge in [-0.1, -0.05) is 24.3 Å². The number of para-hydroxylation sites is 1. The van der Waals surface area contributed by atoms with Gasteiger partial charge in [0.15, 0.2) is 9.84 Å². The minimum Gasteiger partial charge on any atom is -0.308 e. The molecular formula is C15H15N3O5S. The van der Waals surface area contributed by atoms with E-state index in [-0.39, 0.29) is 10.6 Å². The van der Waals surface area contributed by atoms with Crippen LogP contribution in [0.1, 0.15) is 0 Å². The second-order valence-electron chi connectivity index (χ2n) is 4.77. The lowest BCUT2D eigenvalue weighted by atomic mass is 10.3. The summed E-state index contributed by atoms with van der Waals surface area (Å²) in [6.07, 6.45) is 0. The first-order valence-electron chi connectivity index (χ1n) is 6.79. The number of hydroxylamine groups is 1. The Morgan fingerprint density at radius 2 is 1.54 bits per heavy atom. The monoisotopic (exact) mass is 349 g/mol. The lowest BCUT2D eigenvalue weighted by molar-refractivity contribution is -0.126. The normalized spacial score (nSPS) is 10.7. The summed E-state index contributed by atoms with van der Waals surface area (Å²) in [5, 5.41) is 13.5. The van der Waals surface area contributed by atoms with Crippen LogP contribution >= 0.6 is 0 Å². The molecule has 4 N–H and O–H groups in total. The number of hydrogen-bond donors (Lipinski definition) is 4. The van der Waals surface area contributed by atoms with E-state index >= 15 is 0 Å². The van der Waals surface area contributed by atoms with Crippen LogP contribution in [0.3, 0.4) is 0 Å². The summed E-state index contributed by atoms with van der Waals surface area (Å²) in [4.78, 5) is 22.8. The van der Waals surface area contributed by atoms with Crippen molar-refractivity contribution in [2.45, 2.75) is 4.90 Å². The largest absolute Gasteiger partial charge is 0.323 e. The van der Waals surface area contributed by atoms with Crippen molar-refractivity contribution in [3.63, 3.8) is 0 Å². The molecule has 0 radical (unpaired) electrons. The Balaban J connectivity index is 2.10. The summed E-state index contributed by atoms with van der Waals surface area (Å²) in [5.41, 5.74) is 2.09. The van der Waals surface area contributed by atoms with Crippen molar-refractivity contribution in [2.75, 3.05) is 16.4 Å². The Hall–Kier alpha value is -2.91. The van der Waals surface area contributed by atoms with Gasteiger partial charge in [-0.2, -0.15) is 0 Å². The molecular weight excluding hydrogens is 334 g/mol. The lowest BCUT2D eigenvalue weighted by Crippen LogP contribution is -2.27. The standard InChI is InChI=1S/C15H15N3O5S/c19-14(18-21)10-24(22,23)13-8-4-7-12(9-13)17-15(20)16-11-5-2-1-3-6-11/h1-9,21H,10H2,(H,18,19)(H2,16,17,20). The van der Waals surface area contributed by atoms with E-state index < -0.39 is 27.5 Å². The molecule has 0 saturated carbocycles. The third-order valence-corrected chi connectivity index (χ3v) is 4.54. The van der Waals surface area contributed by atoms with E-state index in [1.54, 1.807) is 30.3 Å². The highest BCUT2D eigenvalue weighted by Gasteiger charge is 2.19. The number of sulfone groups is 1. The van der Waals surface area contributed by atoms with E-state index in [9.17, 15) is 18.0 Å². The van der Waals surface area contributed by atoms with Crippen LogP contribution in [0.4, 0.5) is 16.2 Å². The minimum absolute atomic E-state index is 0.149. The molecule has 0 bridgehead atoms. The van der Waals surface area contributed by atoms with Crippen LogP contribution in [-0.4, -0.2) is 31.3 Å². The number of hydrogen-bond acceptors (Lipinski definition) is 5. The van der Waals surface area contributed by atoms with Gasteiger partial charge in [0.05, 0.1) is 4.90 Å². The zero-order valence-corrected chi connectivity index (χ0v) is 13.2. The number of rotatable bonds is 5. The molecule has 126 valence electrons. The van der Waals surface area contributed by atoms with Gasteiger partial charge in [0.2, 0.25) is 0 Å². The van der Waals surface area contributed by atoms with Gasteiger partial charge in [-0.05, 0) is 30.3 Å². The number of nitrogens with one attached hydrogen (secondary N) is 3. The fourth-order valence-electron chi connectivity index (χ4n) is 1.87. The van der Waals surface area contributed by atoms with Crippen LogP contribution in [-0.2, 0) is 14.6 Å². The van der Waals surface area contributed by atoms with Gasteiger partial charge in [-0.3, -0.25) is 10.0 Å². The molecule has 2 aromatic rings. The first-order valence-corrected chi connectivity index (χ1v) is 8.45. The molecule has 2 aromatic carbocycles. The summed E-state index contributed by atoms with van der Waals surface area (Å²) in [6.45, 7) is 0. The zero-order chi connectivity index (χ0) is 17.6. The molecule has 3 amide bonds. The highest BCUT2D eigenvalue weighted by molar-refractivity contribution is 7.92.